The van der Waals surface area contributed by atoms with E-state index in [1.807, 2.05) is 94.1 Å². The van der Waals surface area contributed by atoms with Crippen LogP contribution in [-0.4, -0.2) is 23.0 Å². The smallest absolute Gasteiger partial charge is 0.0717 e. The maximum Gasteiger partial charge on any atom is 0.0717 e. The summed E-state index contributed by atoms with van der Waals surface area (Å²) < 4.78 is 9.08. The molecule has 0 bridgehead atoms. The van der Waals surface area contributed by atoms with Crippen LogP contribution in [0.15, 0.2) is 25.4 Å². The van der Waals surface area contributed by atoms with E-state index in [0.717, 1.165) is 23.0 Å². The van der Waals surface area contributed by atoms with Crippen molar-refractivity contribution >= 4 is 94.1 Å². The molecule has 0 N–H and O–H groups in total. The van der Waals surface area contributed by atoms with Gasteiger partial charge in [0.2, 0.25) is 0 Å². The van der Waals surface area contributed by atoms with Gasteiger partial charge in [-0.3, -0.25) is 0 Å². The molecule has 0 unspecified atom stereocenters. The summed E-state index contributed by atoms with van der Waals surface area (Å²) in [4.78, 5) is 0. The second-order valence-electron chi connectivity index (χ2n) is 3.87. The maximum absolute atomic E-state index is 2.24. The molecule has 2 aliphatic heterocycles. The first-order valence-corrected chi connectivity index (χ1v) is 14.4. The number of hydrogen-bond donors (Lipinski definition) is 0. The van der Waals surface area contributed by atoms with Crippen LogP contribution in [0, 0.1) is 0 Å². The van der Waals surface area contributed by atoms with Gasteiger partial charge in [0.25, 0.3) is 0 Å². The number of hydrogen-bond acceptors (Lipinski definition) is 8. The Labute approximate surface area is 168 Å². The van der Waals surface area contributed by atoms with Crippen molar-refractivity contribution < 1.29 is 0 Å². The van der Waals surface area contributed by atoms with Crippen LogP contribution in [0.4, 0.5) is 0 Å². The molecule has 2 aliphatic rings. The third-order valence-corrected chi connectivity index (χ3v) is 13.4. The fraction of sp³-hybridized carbons (Fsp3) is 0.571. The summed E-state index contributed by atoms with van der Waals surface area (Å²) in [6.45, 7) is 8.98. The first kappa shape index (κ1) is 20.3. The summed E-state index contributed by atoms with van der Waals surface area (Å²) in [5.41, 5.74) is 0. The average molecular weight is 445 g/mol. The van der Waals surface area contributed by atoms with Crippen LogP contribution < -0.4 is 0 Å². The van der Waals surface area contributed by atoms with Crippen molar-refractivity contribution in [1.29, 1.82) is 0 Å². The molecule has 0 nitrogen and oxygen atoms in total. The fourth-order valence-electron chi connectivity index (χ4n) is 1.59. The van der Waals surface area contributed by atoms with E-state index < -0.39 is 0 Å². The minimum atomic E-state index is 1.16. The van der Waals surface area contributed by atoms with Gasteiger partial charge in [0.15, 0.2) is 0 Å². The zero-order valence-electron chi connectivity index (χ0n) is 13.1. The summed E-state index contributed by atoms with van der Waals surface area (Å²) in [5, 5.41) is 0. The van der Waals surface area contributed by atoms with Gasteiger partial charge in [-0.25, -0.2) is 0 Å². The maximum atomic E-state index is 2.24. The zero-order valence-corrected chi connectivity index (χ0v) is 19.6. The molecule has 2 rings (SSSR count). The lowest BCUT2D eigenvalue weighted by Gasteiger charge is -2.02. The first-order valence-electron chi connectivity index (χ1n) is 7.18. The lowest BCUT2D eigenvalue weighted by atomic mass is 11.0. The van der Waals surface area contributed by atoms with Gasteiger partial charge >= 0.3 is 0 Å². The Morgan fingerprint density at radius 2 is 0.727 bits per heavy atom. The van der Waals surface area contributed by atoms with Crippen molar-refractivity contribution in [2.24, 2.45) is 0 Å². The van der Waals surface area contributed by atoms with Gasteiger partial charge in [0.1, 0.15) is 0 Å². The van der Waals surface area contributed by atoms with Crippen LogP contribution in [-0.2, 0) is 0 Å². The van der Waals surface area contributed by atoms with E-state index >= 15 is 0 Å². The normalized spacial score (nSPS) is 19.1. The highest BCUT2D eigenvalue weighted by atomic mass is 32.3. The van der Waals surface area contributed by atoms with E-state index in [2.05, 4.69) is 27.7 Å². The van der Waals surface area contributed by atoms with Crippen molar-refractivity contribution in [3.8, 4) is 0 Å². The molecule has 0 aromatic carbocycles. The van der Waals surface area contributed by atoms with Gasteiger partial charge in [-0.05, 0) is 23.0 Å². The van der Waals surface area contributed by atoms with Crippen LogP contribution in [0.5, 0.6) is 0 Å². The minimum Gasteiger partial charge on any atom is -0.118 e. The molecule has 8 heteroatoms. The molecule has 124 valence electrons. The highest BCUT2D eigenvalue weighted by Gasteiger charge is 2.30. The largest absolute Gasteiger partial charge is 0.118 e. The van der Waals surface area contributed by atoms with Crippen molar-refractivity contribution in [3.63, 3.8) is 0 Å². The molecule has 0 saturated heterocycles. The van der Waals surface area contributed by atoms with E-state index in [1.54, 1.807) is 0 Å². The molecular weight excluding hydrogens is 425 g/mol. The Hall–Kier alpha value is 2.02. The van der Waals surface area contributed by atoms with E-state index in [4.69, 9.17) is 0 Å². The first-order chi connectivity index (χ1) is 10.7. The molecule has 0 saturated carbocycles. The summed E-state index contributed by atoms with van der Waals surface area (Å²) in [5.74, 6) is 4.63. The van der Waals surface area contributed by atoms with E-state index in [1.165, 1.54) is 25.4 Å². The third-order valence-electron chi connectivity index (χ3n) is 2.34. The molecule has 0 radical (unpaired) electrons. The van der Waals surface area contributed by atoms with E-state index in [0.29, 0.717) is 0 Å². The van der Waals surface area contributed by atoms with Crippen molar-refractivity contribution in [2.75, 3.05) is 23.0 Å². The van der Waals surface area contributed by atoms with Crippen LogP contribution >= 0.6 is 94.1 Å². The van der Waals surface area contributed by atoms with Crippen LogP contribution in [0.2, 0.25) is 0 Å². The van der Waals surface area contributed by atoms with Gasteiger partial charge in [-0.1, -0.05) is 74.7 Å². The summed E-state index contributed by atoms with van der Waals surface area (Å²) >= 11 is 16.0. The Bertz CT molecular complexity index is 407. The lowest BCUT2D eigenvalue weighted by molar-refractivity contribution is 1.53. The van der Waals surface area contributed by atoms with Crippen LogP contribution in [0.25, 0.3) is 0 Å². The second-order valence-corrected chi connectivity index (χ2v) is 14.6. The molecule has 0 atom stereocenters. The molecule has 2 heterocycles. The van der Waals surface area contributed by atoms with Crippen LogP contribution in [0.1, 0.15) is 27.7 Å². The summed E-state index contributed by atoms with van der Waals surface area (Å²) in [7, 11) is 0. The molecule has 22 heavy (non-hydrogen) atoms. The predicted octanol–water partition coefficient (Wildman–Crippen LogP) is 8.34. The van der Waals surface area contributed by atoms with Gasteiger partial charge < -0.3 is 0 Å². The van der Waals surface area contributed by atoms with Crippen molar-refractivity contribution in [3.05, 3.63) is 25.4 Å². The molecule has 0 aromatic rings. The van der Waals surface area contributed by atoms with Crippen LogP contribution in [0.3, 0.4) is 0 Å². The summed E-state index contributed by atoms with van der Waals surface area (Å²) in [6.07, 6.45) is 0. The monoisotopic (exact) mass is 444 g/mol. The van der Waals surface area contributed by atoms with Crippen molar-refractivity contribution in [1.82, 2.24) is 0 Å². The average Bonchev–Trinajstić information content (AvgIpc) is 3.06. The van der Waals surface area contributed by atoms with Gasteiger partial charge in [-0.2, -0.15) is 0 Å². The molecule has 0 spiro atoms. The standard InChI is InChI=1S/C14H20S8/c1-5-15-9-10(16-6-2)20-13(19-9)14-21-11(17-7-3)12(22-14)18-8-4/h5-8H2,1-4H3. The lowest BCUT2D eigenvalue weighted by Crippen LogP contribution is -1.72. The SMILES string of the molecule is CCSC1=C(SCC)SC(=C2SC(SCC)=C(SCC)S2)S1. The number of rotatable bonds is 8. The molecular formula is C14H20S8. The van der Waals surface area contributed by atoms with E-state index in [-0.39, 0.29) is 0 Å². The fourth-order valence-corrected chi connectivity index (χ4v) is 13.2. The third kappa shape index (κ3) is 5.51. The quantitative estimate of drug-likeness (QED) is 0.361. The predicted molar refractivity (Wildman–Crippen MR) is 124 cm³/mol. The Balaban J connectivity index is 2.11. The molecule has 0 aromatic heterocycles. The number of thioether (sulfide) groups is 8. The topological polar surface area (TPSA) is 0 Å². The Kier molecular flexibility index (Phi) is 10.1. The molecule has 0 amide bonds. The highest BCUT2D eigenvalue weighted by molar-refractivity contribution is 8.45. The van der Waals surface area contributed by atoms with Gasteiger partial charge in [0.05, 0.1) is 25.4 Å². The molecule has 0 fully saturated rings. The van der Waals surface area contributed by atoms with Crippen molar-refractivity contribution in [2.45, 2.75) is 27.7 Å². The van der Waals surface area contributed by atoms with Gasteiger partial charge in [0, 0.05) is 0 Å². The Morgan fingerprint density at radius 1 is 0.500 bits per heavy atom. The second kappa shape index (κ2) is 10.9. The van der Waals surface area contributed by atoms with Gasteiger partial charge in [-0.15, -0.1) is 47.0 Å². The molecule has 0 aliphatic carbocycles. The highest BCUT2D eigenvalue weighted by Crippen LogP contribution is 2.65. The Morgan fingerprint density at radius 3 is 0.909 bits per heavy atom. The summed E-state index contributed by atoms with van der Waals surface area (Å²) in [6, 6.07) is 0. The zero-order chi connectivity index (χ0) is 15.9. The minimum absolute atomic E-state index is 1.16. The van der Waals surface area contributed by atoms with E-state index in [9.17, 15) is 0 Å².